The number of hydrogen-bond acceptors (Lipinski definition) is 3. The van der Waals surface area contributed by atoms with Gasteiger partial charge < -0.3 is 10.6 Å². The van der Waals surface area contributed by atoms with Crippen LogP contribution < -0.4 is 5.73 Å². The van der Waals surface area contributed by atoms with Crippen molar-refractivity contribution in [3.8, 4) is 0 Å². The molecule has 2 N–H and O–H groups in total. The number of rotatable bonds is 2. The van der Waals surface area contributed by atoms with Gasteiger partial charge in [-0.05, 0) is 18.7 Å². The standard InChI is InChI=1S/C12H19N3.3ClH/c1-14-6-8-15(9-7-14)10-11-4-2-3-5-12(11)13;;;/h2-5H,6-10,13H2,1H3;3*1H. The summed E-state index contributed by atoms with van der Waals surface area (Å²) in [6.45, 7) is 5.59. The second-order valence-corrected chi connectivity index (χ2v) is 4.28. The predicted molar refractivity (Wildman–Crippen MR) is 85.4 cm³/mol. The molecule has 1 heterocycles. The van der Waals surface area contributed by atoms with Crippen molar-refractivity contribution in [2.75, 3.05) is 39.0 Å². The van der Waals surface area contributed by atoms with E-state index in [9.17, 15) is 0 Å². The van der Waals surface area contributed by atoms with E-state index in [0.29, 0.717) is 0 Å². The molecule has 6 heteroatoms. The highest BCUT2D eigenvalue weighted by Gasteiger charge is 2.14. The summed E-state index contributed by atoms with van der Waals surface area (Å²) in [4.78, 5) is 4.83. The molecule has 1 saturated heterocycles. The molecule has 3 nitrogen and oxygen atoms in total. The number of likely N-dealkylation sites (N-methyl/N-ethyl adjacent to an activating group) is 1. The van der Waals surface area contributed by atoms with Crippen molar-refractivity contribution >= 4 is 42.9 Å². The molecular formula is C12H22Cl3N3. The van der Waals surface area contributed by atoms with Gasteiger partial charge in [0.25, 0.3) is 0 Å². The summed E-state index contributed by atoms with van der Waals surface area (Å²) >= 11 is 0. The first kappa shape index (κ1) is 20.1. The normalized spacial score (nSPS) is 16.1. The Morgan fingerprint density at radius 3 is 2.11 bits per heavy atom. The maximum Gasteiger partial charge on any atom is 0.0359 e. The summed E-state index contributed by atoms with van der Waals surface area (Å²) in [5, 5.41) is 0. The molecule has 0 radical (unpaired) electrons. The van der Waals surface area contributed by atoms with Gasteiger partial charge in [-0.3, -0.25) is 4.90 Å². The molecule has 2 rings (SSSR count). The first-order valence-corrected chi connectivity index (χ1v) is 5.50. The molecular weight excluding hydrogens is 293 g/mol. The minimum absolute atomic E-state index is 0. The number of benzene rings is 1. The van der Waals surface area contributed by atoms with Crippen molar-refractivity contribution in [3.63, 3.8) is 0 Å². The Balaban J connectivity index is 0. The molecule has 1 fully saturated rings. The third-order valence-corrected chi connectivity index (χ3v) is 3.04. The van der Waals surface area contributed by atoms with Crippen molar-refractivity contribution in [3.05, 3.63) is 29.8 Å². The minimum Gasteiger partial charge on any atom is -0.398 e. The molecule has 0 saturated carbocycles. The smallest absolute Gasteiger partial charge is 0.0359 e. The van der Waals surface area contributed by atoms with E-state index in [1.165, 1.54) is 5.56 Å². The Morgan fingerprint density at radius 1 is 1.00 bits per heavy atom. The SMILES string of the molecule is CN1CCN(Cc2ccccc2N)CC1.Cl.Cl.Cl. The topological polar surface area (TPSA) is 32.5 Å². The lowest BCUT2D eigenvalue weighted by Crippen LogP contribution is -2.43. The van der Waals surface area contributed by atoms with E-state index in [-0.39, 0.29) is 37.2 Å². The molecule has 0 amide bonds. The average molecular weight is 315 g/mol. The van der Waals surface area contributed by atoms with Crippen molar-refractivity contribution in [1.29, 1.82) is 0 Å². The van der Waals surface area contributed by atoms with Crippen molar-refractivity contribution < 1.29 is 0 Å². The van der Waals surface area contributed by atoms with Gasteiger partial charge in [-0.2, -0.15) is 0 Å². The second-order valence-electron chi connectivity index (χ2n) is 4.28. The lowest BCUT2D eigenvalue weighted by Gasteiger charge is -2.32. The van der Waals surface area contributed by atoms with E-state index in [1.54, 1.807) is 0 Å². The van der Waals surface area contributed by atoms with Crippen LogP contribution in [0.4, 0.5) is 5.69 Å². The molecule has 0 atom stereocenters. The van der Waals surface area contributed by atoms with Crippen LogP contribution in [0.25, 0.3) is 0 Å². The van der Waals surface area contributed by atoms with E-state index in [1.807, 2.05) is 12.1 Å². The minimum atomic E-state index is 0. The van der Waals surface area contributed by atoms with Gasteiger partial charge in [0.2, 0.25) is 0 Å². The maximum absolute atomic E-state index is 5.93. The van der Waals surface area contributed by atoms with Crippen LogP contribution in [0, 0.1) is 0 Å². The molecule has 1 aromatic rings. The molecule has 18 heavy (non-hydrogen) atoms. The van der Waals surface area contributed by atoms with Gasteiger partial charge in [-0.25, -0.2) is 0 Å². The van der Waals surface area contributed by atoms with Crippen molar-refractivity contribution in [1.82, 2.24) is 9.80 Å². The van der Waals surface area contributed by atoms with Crippen LogP contribution in [0.15, 0.2) is 24.3 Å². The molecule has 106 valence electrons. The van der Waals surface area contributed by atoms with Crippen LogP contribution in [0.5, 0.6) is 0 Å². The van der Waals surface area contributed by atoms with Gasteiger partial charge in [-0.1, -0.05) is 18.2 Å². The molecule has 1 aromatic carbocycles. The number of hydrogen-bond donors (Lipinski definition) is 1. The van der Waals surface area contributed by atoms with Crippen molar-refractivity contribution in [2.24, 2.45) is 0 Å². The summed E-state index contributed by atoms with van der Waals surface area (Å²) < 4.78 is 0. The number of nitrogens with zero attached hydrogens (tertiary/aromatic N) is 2. The zero-order valence-electron chi connectivity index (χ0n) is 10.5. The Morgan fingerprint density at radius 2 is 1.56 bits per heavy atom. The number of anilines is 1. The molecule has 0 unspecified atom stereocenters. The summed E-state index contributed by atoms with van der Waals surface area (Å²) in [6, 6.07) is 8.14. The molecule has 1 aliphatic heterocycles. The fourth-order valence-corrected chi connectivity index (χ4v) is 1.93. The summed E-state index contributed by atoms with van der Waals surface area (Å²) in [5.74, 6) is 0. The van der Waals surface area contributed by atoms with Crippen LogP contribution >= 0.6 is 37.2 Å². The highest BCUT2D eigenvalue weighted by atomic mass is 35.5. The zero-order valence-corrected chi connectivity index (χ0v) is 13.0. The Bertz CT molecular complexity index is 328. The van der Waals surface area contributed by atoms with Crippen LogP contribution in [0.3, 0.4) is 0 Å². The van der Waals surface area contributed by atoms with Crippen LogP contribution in [-0.4, -0.2) is 43.0 Å². The van der Waals surface area contributed by atoms with E-state index in [2.05, 4.69) is 29.0 Å². The first-order chi connectivity index (χ1) is 7.25. The predicted octanol–water partition coefficient (Wildman–Crippen LogP) is 2.28. The lowest BCUT2D eigenvalue weighted by atomic mass is 10.1. The van der Waals surface area contributed by atoms with Gasteiger partial charge in [0, 0.05) is 38.4 Å². The summed E-state index contributed by atoms with van der Waals surface area (Å²) in [7, 11) is 2.17. The zero-order chi connectivity index (χ0) is 10.7. The van der Waals surface area contributed by atoms with Gasteiger partial charge in [0.15, 0.2) is 0 Å². The largest absolute Gasteiger partial charge is 0.398 e. The van der Waals surface area contributed by atoms with E-state index in [4.69, 9.17) is 5.73 Å². The Labute approximate surface area is 128 Å². The highest BCUT2D eigenvalue weighted by Crippen LogP contribution is 2.14. The first-order valence-electron chi connectivity index (χ1n) is 5.50. The number of nitrogens with two attached hydrogens (primary N) is 1. The molecule has 0 spiro atoms. The fourth-order valence-electron chi connectivity index (χ4n) is 1.93. The molecule has 0 aromatic heterocycles. The van der Waals surface area contributed by atoms with E-state index >= 15 is 0 Å². The number of para-hydroxylation sites is 1. The van der Waals surface area contributed by atoms with E-state index < -0.39 is 0 Å². The Kier molecular flexibility index (Phi) is 10.9. The highest BCUT2D eigenvalue weighted by molar-refractivity contribution is 5.86. The van der Waals surface area contributed by atoms with Gasteiger partial charge in [-0.15, -0.1) is 37.2 Å². The molecule has 0 bridgehead atoms. The third kappa shape index (κ3) is 5.63. The van der Waals surface area contributed by atoms with Gasteiger partial charge >= 0.3 is 0 Å². The lowest BCUT2D eigenvalue weighted by molar-refractivity contribution is 0.148. The second kappa shape index (κ2) is 9.70. The van der Waals surface area contributed by atoms with Gasteiger partial charge in [0.1, 0.15) is 0 Å². The van der Waals surface area contributed by atoms with Crippen molar-refractivity contribution in [2.45, 2.75) is 6.54 Å². The average Bonchev–Trinajstić information content (AvgIpc) is 2.25. The van der Waals surface area contributed by atoms with E-state index in [0.717, 1.165) is 38.4 Å². The van der Waals surface area contributed by atoms with Crippen LogP contribution in [0.2, 0.25) is 0 Å². The quantitative estimate of drug-likeness (QED) is 0.850. The fraction of sp³-hybridized carbons (Fsp3) is 0.500. The Hall–Kier alpha value is -0.190. The number of nitrogen functional groups attached to an aromatic ring is 1. The number of piperazine rings is 1. The third-order valence-electron chi connectivity index (χ3n) is 3.04. The van der Waals surface area contributed by atoms with Gasteiger partial charge in [0.05, 0.1) is 0 Å². The maximum atomic E-state index is 5.93. The summed E-state index contributed by atoms with van der Waals surface area (Å²) in [6.07, 6.45) is 0. The van der Waals surface area contributed by atoms with Crippen LogP contribution in [0.1, 0.15) is 5.56 Å². The monoisotopic (exact) mass is 313 g/mol. The van der Waals surface area contributed by atoms with Crippen LogP contribution in [-0.2, 0) is 6.54 Å². The number of halogens is 3. The molecule has 1 aliphatic rings. The molecule has 0 aliphatic carbocycles. The summed E-state index contributed by atoms with van der Waals surface area (Å²) in [5.41, 5.74) is 8.09.